The van der Waals surface area contributed by atoms with Crippen molar-refractivity contribution in [3.63, 3.8) is 0 Å². The summed E-state index contributed by atoms with van der Waals surface area (Å²) >= 11 is 0. The normalized spacial score (nSPS) is 21.9. The quantitative estimate of drug-likeness (QED) is 0.802. The summed E-state index contributed by atoms with van der Waals surface area (Å²) in [4.78, 5) is 6.85. The van der Waals surface area contributed by atoms with E-state index in [1.54, 1.807) is 0 Å². The van der Waals surface area contributed by atoms with Gasteiger partial charge in [-0.3, -0.25) is 4.90 Å². The van der Waals surface area contributed by atoms with Gasteiger partial charge in [0, 0.05) is 19.3 Å². The number of nitrogens with one attached hydrogen (secondary N) is 1. The van der Waals surface area contributed by atoms with Gasteiger partial charge in [0.05, 0.1) is 0 Å². The summed E-state index contributed by atoms with van der Waals surface area (Å²) in [5, 5.41) is 3.10. The van der Waals surface area contributed by atoms with Crippen LogP contribution >= 0.6 is 0 Å². The highest BCUT2D eigenvalue weighted by atomic mass is 15.1. The van der Waals surface area contributed by atoms with Gasteiger partial charge in [-0.25, -0.2) is 4.98 Å². The van der Waals surface area contributed by atoms with Crippen LogP contribution in [0.3, 0.4) is 0 Å². The zero-order valence-corrected chi connectivity index (χ0v) is 9.75. The molecule has 15 heavy (non-hydrogen) atoms. The Balaban J connectivity index is 2.25. The van der Waals surface area contributed by atoms with Crippen molar-refractivity contribution in [1.82, 2.24) is 9.88 Å². The SMILES string of the molecule is CNc1ncc([C@@H]2CCCN2C)cc1C. The average Bonchev–Trinajstić information content (AvgIpc) is 2.64. The smallest absolute Gasteiger partial charge is 0.128 e. The molecule has 1 N–H and O–H groups in total. The van der Waals surface area contributed by atoms with Crippen LogP contribution in [0, 0.1) is 6.92 Å². The number of likely N-dealkylation sites (tertiary alicyclic amines) is 1. The van der Waals surface area contributed by atoms with E-state index >= 15 is 0 Å². The Morgan fingerprint density at radius 1 is 1.53 bits per heavy atom. The van der Waals surface area contributed by atoms with Gasteiger partial charge in [-0.1, -0.05) is 0 Å². The van der Waals surface area contributed by atoms with Crippen molar-refractivity contribution in [2.45, 2.75) is 25.8 Å². The number of pyridine rings is 1. The van der Waals surface area contributed by atoms with Crippen molar-refractivity contribution in [2.75, 3.05) is 26.0 Å². The van der Waals surface area contributed by atoms with Gasteiger partial charge >= 0.3 is 0 Å². The highest BCUT2D eigenvalue weighted by molar-refractivity contribution is 5.44. The minimum absolute atomic E-state index is 0.571. The maximum Gasteiger partial charge on any atom is 0.128 e. The van der Waals surface area contributed by atoms with E-state index in [1.165, 1.54) is 30.5 Å². The minimum Gasteiger partial charge on any atom is -0.373 e. The highest BCUT2D eigenvalue weighted by Gasteiger charge is 2.22. The van der Waals surface area contributed by atoms with Crippen LogP contribution < -0.4 is 5.32 Å². The molecular formula is C12H19N3. The second-order valence-electron chi connectivity index (χ2n) is 4.32. The fraction of sp³-hybridized carbons (Fsp3) is 0.583. The van der Waals surface area contributed by atoms with E-state index in [9.17, 15) is 0 Å². The Morgan fingerprint density at radius 3 is 2.87 bits per heavy atom. The van der Waals surface area contributed by atoms with Gasteiger partial charge in [-0.05, 0) is 50.6 Å². The monoisotopic (exact) mass is 205 g/mol. The number of nitrogens with zero attached hydrogens (tertiary/aromatic N) is 2. The number of aryl methyl sites for hydroxylation is 1. The fourth-order valence-electron chi connectivity index (χ4n) is 2.37. The number of hydrogen-bond donors (Lipinski definition) is 1. The third-order valence-electron chi connectivity index (χ3n) is 3.24. The van der Waals surface area contributed by atoms with Crippen LogP contribution in [-0.4, -0.2) is 30.5 Å². The molecule has 3 nitrogen and oxygen atoms in total. The standard InChI is InChI=1S/C12H19N3/c1-9-7-10(8-14-12(9)13-2)11-5-4-6-15(11)3/h7-8,11H,4-6H2,1-3H3,(H,13,14)/t11-/m0/s1. The Labute approximate surface area is 91.5 Å². The summed E-state index contributed by atoms with van der Waals surface area (Å²) in [6, 6.07) is 2.83. The predicted molar refractivity (Wildman–Crippen MR) is 63.1 cm³/mol. The van der Waals surface area contributed by atoms with Crippen LogP contribution in [0.15, 0.2) is 12.3 Å². The first-order valence-corrected chi connectivity index (χ1v) is 5.57. The van der Waals surface area contributed by atoms with Crippen LogP contribution in [0.2, 0.25) is 0 Å². The predicted octanol–water partition coefficient (Wildman–Crippen LogP) is 2.20. The van der Waals surface area contributed by atoms with Crippen LogP contribution in [0.4, 0.5) is 5.82 Å². The van der Waals surface area contributed by atoms with Crippen molar-refractivity contribution in [2.24, 2.45) is 0 Å². The molecule has 0 radical (unpaired) electrons. The molecule has 1 fully saturated rings. The average molecular weight is 205 g/mol. The van der Waals surface area contributed by atoms with Crippen molar-refractivity contribution in [1.29, 1.82) is 0 Å². The van der Waals surface area contributed by atoms with Crippen molar-refractivity contribution in [3.05, 3.63) is 23.4 Å². The van der Waals surface area contributed by atoms with E-state index in [1.807, 2.05) is 13.2 Å². The molecule has 2 rings (SSSR count). The second kappa shape index (κ2) is 4.19. The molecule has 1 aliphatic heterocycles. The molecule has 82 valence electrons. The molecule has 0 aromatic carbocycles. The lowest BCUT2D eigenvalue weighted by molar-refractivity contribution is 0.317. The summed E-state index contributed by atoms with van der Waals surface area (Å²) in [6.07, 6.45) is 4.57. The molecule has 3 heteroatoms. The minimum atomic E-state index is 0.571. The molecule has 1 aromatic heterocycles. The van der Waals surface area contributed by atoms with E-state index < -0.39 is 0 Å². The topological polar surface area (TPSA) is 28.2 Å². The maximum absolute atomic E-state index is 4.44. The molecule has 2 heterocycles. The summed E-state index contributed by atoms with van der Waals surface area (Å²) in [6.45, 7) is 3.31. The molecule has 0 saturated carbocycles. The zero-order valence-electron chi connectivity index (χ0n) is 9.75. The van der Waals surface area contributed by atoms with Crippen LogP contribution in [0.5, 0.6) is 0 Å². The Hall–Kier alpha value is -1.09. The van der Waals surface area contributed by atoms with Crippen molar-refractivity contribution < 1.29 is 0 Å². The molecule has 0 unspecified atom stereocenters. The number of rotatable bonds is 2. The molecular weight excluding hydrogens is 186 g/mol. The van der Waals surface area contributed by atoms with Crippen molar-refractivity contribution in [3.8, 4) is 0 Å². The first-order chi connectivity index (χ1) is 7.22. The summed E-state index contributed by atoms with van der Waals surface area (Å²) in [7, 11) is 4.11. The van der Waals surface area contributed by atoms with Gasteiger partial charge in [-0.15, -0.1) is 0 Å². The molecule has 0 bridgehead atoms. The third-order valence-corrected chi connectivity index (χ3v) is 3.24. The number of hydrogen-bond acceptors (Lipinski definition) is 3. The third kappa shape index (κ3) is 1.97. The van der Waals surface area contributed by atoms with Gasteiger partial charge in [0.1, 0.15) is 5.82 Å². The van der Waals surface area contributed by atoms with Gasteiger partial charge in [-0.2, -0.15) is 0 Å². The number of anilines is 1. The molecule has 0 spiro atoms. The Morgan fingerprint density at radius 2 is 2.33 bits per heavy atom. The highest BCUT2D eigenvalue weighted by Crippen LogP contribution is 2.30. The largest absolute Gasteiger partial charge is 0.373 e. The second-order valence-corrected chi connectivity index (χ2v) is 4.32. The van der Waals surface area contributed by atoms with E-state index in [0.717, 1.165) is 5.82 Å². The maximum atomic E-state index is 4.44. The van der Waals surface area contributed by atoms with Gasteiger partial charge in [0.15, 0.2) is 0 Å². The van der Waals surface area contributed by atoms with Gasteiger partial charge in [0.25, 0.3) is 0 Å². The van der Waals surface area contributed by atoms with E-state index in [4.69, 9.17) is 0 Å². The van der Waals surface area contributed by atoms with Crippen LogP contribution in [0.1, 0.15) is 30.0 Å². The van der Waals surface area contributed by atoms with Crippen LogP contribution in [-0.2, 0) is 0 Å². The summed E-state index contributed by atoms with van der Waals surface area (Å²) < 4.78 is 0. The van der Waals surface area contributed by atoms with E-state index in [2.05, 4.69) is 35.2 Å². The molecule has 0 amide bonds. The molecule has 0 aliphatic carbocycles. The van der Waals surface area contributed by atoms with Crippen LogP contribution in [0.25, 0.3) is 0 Å². The lowest BCUT2D eigenvalue weighted by Gasteiger charge is -2.20. The number of aromatic nitrogens is 1. The Kier molecular flexibility index (Phi) is 2.91. The summed E-state index contributed by atoms with van der Waals surface area (Å²) in [5.41, 5.74) is 2.59. The lowest BCUT2D eigenvalue weighted by atomic mass is 10.1. The molecule has 1 aliphatic rings. The first-order valence-electron chi connectivity index (χ1n) is 5.57. The molecule has 1 atom stereocenters. The van der Waals surface area contributed by atoms with E-state index in [0.29, 0.717) is 6.04 Å². The zero-order chi connectivity index (χ0) is 10.8. The van der Waals surface area contributed by atoms with E-state index in [-0.39, 0.29) is 0 Å². The van der Waals surface area contributed by atoms with Crippen molar-refractivity contribution >= 4 is 5.82 Å². The fourth-order valence-corrected chi connectivity index (χ4v) is 2.37. The molecule has 1 aromatic rings. The Bertz CT molecular complexity index is 349. The summed E-state index contributed by atoms with van der Waals surface area (Å²) in [5.74, 6) is 0.986. The lowest BCUT2D eigenvalue weighted by Crippen LogP contribution is -2.17. The molecule has 1 saturated heterocycles. The van der Waals surface area contributed by atoms with Gasteiger partial charge < -0.3 is 5.32 Å². The first kappa shape index (κ1) is 10.4. The van der Waals surface area contributed by atoms with Gasteiger partial charge in [0.2, 0.25) is 0 Å².